The standard InChI is InChI=1S/C19H27N5O/c1-4-16(15-9-7-6-8-10-15)19(25)22-12-11-21-18-13-17(20-5-2)23-14(3)24-18/h6-10,13,16H,4-5,11-12H2,1-3H3,(H,22,25)(H2,20,21,23,24). The third-order valence-corrected chi connectivity index (χ3v) is 3.85. The minimum absolute atomic E-state index is 0.0581. The fourth-order valence-electron chi connectivity index (χ4n) is 2.69. The second-order valence-corrected chi connectivity index (χ2v) is 5.81. The minimum atomic E-state index is -0.108. The lowest BCUT2D eigenvalue weighted by molar-refractivity contribution is -0.122. The molecule has 0 fully saturated rings. The summed E-state index contributed by atoms with van der Waals surface area (Å²) < 4.78 is 0. The van der Waals surface area contributed by atoms with Gasteiger partial charge in [0, 0.05) is 25.7 Å². The lowest BCUT2D eigenvalue weighted by Crippen LogP contribution is -2.33. The first-order chi connectivity index (χ1) is 12.1. The maximum atomic E-state index is 12.4. The summed E-state index contributed by atoms with van der Waals surface area (Å²) in [7, 11) is 0. The van der Waals surface area contributed by atoms with Gasteiger partial charge in [0.2, 0.25) is 5.91 Å². The van der Waals surface area contributed by atoms with Crippen molar-refractivity contribution in [3.05, 3.63) is 47.8 Å². The van der Waals surface area contributed by atoms with Crippen molar-refractivity contribution in [3.8, 4) is 0 Å². The molecule has 6 heteroatoms. The van der Waals surface area contributed by atoms with Crippen LogP contribution in [0.15, 0.2) is 36.4 Å². The molecule has 0 bridgehead atoms. The zero-order chi connectivity index (χ0) is 18.1. The Balaban J connectivity index is 1.83. The van der Waals surface area contributed by atoms with Crippen LogP contribution in [0.1, 0.15) is 37.6 Å². The van der Waals surface area contributed by atoms with Crippen LogP contribution in [-0.2, 0) is 4.79 Å². The zero-order valence-corrected chi connectivity index (χ0v) is 15.2. The second-order valence-electron chi connectivity index (χ2n) is 5.81. The molecule has 0 saturated carbocycles. The Kier molecular flexibility index (Phi) is 7.19. The Morgan fingerprint density at radius 3 is 2.36 bits per heavy atom. The average Bonchev–Trinajstić information content (AvgIpc) is 2.60. The van der Waals surface area contributed by atoms with Gasteiger partial charge in [0.05, 0.1) is 5.92 Å². The van der Waals surface area contributed by atoms with Crippen molar-refractivity contribution in [3.63, 3.8) is 0 Å². The molecular formula is C19H27N5O. The van der Waals surface area contributed by atoms with Crippen molar-refractivity contribution in [1.82, 2.24) is 15.3 Å². The lowest BCUT2D eigenvalue weighted by Gasteiger charge is -2.16. The number of rotatable bonds is 9. The molecule has 0 aliphatic heterocycles. The van der Waals surface area contributed by atoms with Crippen LogP contribution in [0, 0.1) is 6.92 Å². The highest BCUT2D eigenvalue weighted by Gasteiger charge is 2.17. The van der Waals surface area contributed by atoms with Crippen LogP contribution in [0.25, 0.3) is 0 Å². The van der Waals surface area contributed by atoms with E-state index >= 15 is 0 Å². The Hall–Kier alpha value is -2.63. The van der Waals surface area contributed by atoms with Crippen LogP contribution in [0.4, 0.5) is 11.6 Å². The molecule has 1 heterocycles. The molecule has 0 aliphatic carbocycles. The van der Waals surface area contributed by atoms with Gasteiger partial charge in [0.1, 0.15) is 17.5 Å². The van der Waals surface area contributed by atoms with E-state index in [2.05, 4.69) is 25.9 Å². The summed E-state index contributed by atoms with van der Waals surface area (Å²) in [5.74, 6) is 2.22. The van der Waals surface area contributed by atoms with Crippen LogP contribution in [0.5, 0.6) is 0 Å². The summed E-state index contributed by atoms with van der Waals surface area (Å²) in [5.41, 5.74) is 1.05. The van der Waals surface area contributed by atoms with Crippen LogP contribution >= 0.6 is 0 Å². The van der Waals surface area contributed by atoms with Crippen LogP contribution in [0.3, 0.4) is 0 Å². The lowest BCUT2D eigenvalue weighted by atomic mass is 9.96. The Morgan fingerprint density at radius 2 is 1.72 bits per heavy atom. The zero-order valence-electron chi connectivity index (χ0n) is 15.2. The van der Waals surface area contributed by atoms with E-state index in [9.17, 15) is 4.79 Å². The second kappa shape index (κ2) is 9.61. The molecule has 2 aromatic rings. The predicted molar refractivity (Wildman–Crippen MR) is 102 cm³/mol. The van der Waals surface area contributed by atoms with E-state index in [0.717, 1.165) is 30.2 Å². The van der Waals surface area contributed by atoms with Gasteiger partial charge in [-0.05, 0) is 25.8 Å². The number of hydrogen-bond donors (Lipinski definition) is 3. The molecule has 1 aromatic heterocycles. The number of nitrogens with zero attached hydrogens (tertiary/aromatic N) is 2. The van der Waals surface area contributed by atoms with Gasteiger partial charge in [-0.1, -0.05) is 37.3 Å². The first kappa shape index (κ1) is 18.7. The third kappa shape index (κ3) is 5.74. The largest absolute Gasteiger partial charge is 0.370 e. The van der Waals surface area contributed by atoms with Gasteiger partial charge < -0.3 is 16.0 Å². The van der Waals surface area contributed by atoms with Gasteiger partial charge in [-0.25, -0.2) is 9.97 Å². The number of hydrogen-bond acceptors (Lipinski definition) is 5. The van der Waals surface area contributed by atoms with E-state index in [1.165, 1.54) is 0 Å². The molecule has 0 saturated heterocycles. The van der Waals surface area contributed by atoms with Gasteiger partial charge in [-0.3, -0.25) is 4.79 Å². The maximum Gasteiger partial charge on any atom is 0.227 e. The molecule has 134 valence electrons. The highest BCUT2D eigenvalue weighted by molar-refractivity contribution is 5.83. The number of aromatic nitrogens is 2. The molecule has 0 aliphatic rings. The van der Waals surface area contributed by atoms with E-state index < -0.39 is 0 Å². The SMILES string of the molecule is CCNc1cc(NCCNC(=O)C(CC)c2ccccc2)nc(C)n1. The molecule has 1 aromatic carbocycles. The Bertz CT molecular complexity index is 675. The molecular weight excluding hydrogens is 314 g/mol. The van der Waals surface area contributed by atoms with Crippen molar-refractivity contribution >= 4 is 17.5 Å². The first-order valence-electron chi connectivity index (χ1n) is 8.80. The number of carbonyl (C=O) groups excluding carboxylic acids is 1. The summed E-state index contributed by atoms with van der Waals surface area (Å²) in [6.07, 6.45) is 0.778. The van der Waals surface area contributed by atoms with E-state index in [4.69, 9.17) is 0 Å². The highest BCUT2D eigenvalue weighted by atomic mass is 16.1. The number of carbonyl (C=O) groups is 1. The molecule has 3 N–H and O–H groups in total. The number of anilines is 2. The predicted octanol–water partition coefficient (Wildman–Crippen LogP) is 2.94. The molecule has 1 atom stereocenters. The van der Waals surface area contributed by atoms with Gasteiger partial charge in [-0.15, -0.1) is 0 Å². The summed E-state index contributed by atoms with van der Waals surface area (Å²) >= 11 is 0. The van der Waals surface area contributed by atoms with Crippen LogP contribution in [-0.4, -0.2) is 35.5 Å². The smallest absolute Gasteiger partial charge is 0.227 e. The monoisotopic (exact) mass is 341 g/mol. The Morgan fingerprint density at radius 1 is 1.04 bits per heavy atom. The Labute approximate surface area is 149 Å². The molecule has 25 heavy (non-hydrogen) atoms. The topological polar surface area (TPSA) is 78.9 Å². The van der Waals surface area contributed by atoms with E-state index in [1.54, 1.807) is 0 Å². The molecule has 0 spiro atoms. The number of nitrogens with one attached hydrogen (secondary N) is 3. The molecule has 1 unspecified atom stereocenters. The van der Waals surface area contributed by atoms with Crippen molar-refractivity contribution in [2.24, 2.45) is 0 Å². The van der Waals surface area contributed by atoms with Gasteiger partial charge in [-0.2, -0.15) is 0 Å². The fraction of sp³-hybridized carbons (Fsp3) is 0.421. The van der Waals surface area contributed by atoms with E-state index in [0.29, 0.717) is 18.9 Å². The van der Waals surface area contributed by atoms with Crippen molar-refractivity contribution in [2.45, 2.75) is 33.1 Å². The first-order valence-corrected chi connectivity index (χ1v) is 8.80. The summed E-state index contributed by atoms with van der Waals surface area (Å²) in [5, 5.41) is 9.40. The summed E-state index contributed by atoms with van der Waals surface area (Å²) in [4.78, 5) is 21.1. The fourth-order valence-corrected chi connectivity index (χ4v) is 2.69. The van der Waals surface area contributed by atoms with Crippen LogP contribution in [0.2, 0.25) is 0 Å². The molecule has 1 amide bonds. The van der Waals surface area contributed by atoms with Gasteiger partial charge in [0.25, 0.3) is 0 Å². The van der Waals surface area contributed by atoms with Crippen molar-refractivity contribution < 1.29 is 4.79 Å². The van der Waals surface area contributed by atoms with E-state index in [-0.39, 0.29) is 11.8 Å². The van der Waals surface area contributed by atoms with Crippen molar-refractivity contribution in [1.29, 1.82) is 0 Å². The third-order valence-electron chi connectivity index (χ3n) is 3.85. The number of amides is 1. The van der Waals surface area contributed by atoms with Crippen molar-refractivity contribution in [2.75, 3.05) is 30.3 Å². The quantitative estimate of drug-likeness (QED) is 0.611. The summed E-state index contributed by atoms with van der Waals surface area (Å²) in [6.45, 7) is 7.88. The van der Waals surface area contributed by atoms with Gasteiger partial charge in [0.15, 0.2) is 0 Å². The number of benzene rings is 1. The highest BCUT2D eigenvalue weighted by Crippen LogP contribution is 2.19. The minimum Gasteiger partial charge on any atom is -0.370 e. The maximum absolute atomic E-state index is 12.4. The van der Waals surface area contributed by atoms with Crippen LogP contribution < -0.4 is 16.0 Å². The molecule has 0 radical (unpaired) electrons. The molecule has 2 rings (SSSR count). The van der Waals surface area contributed by atoms with Gasteiger partial charge >= 0.3 is 0 Å². The number of aryl methyl sites for hydroxylation is 1. The normalized spacial score (nSPS) is 11.6. The summed E-state index contributed by atoms with van der Waals surface area (Å²) in [6, 6.07) is 11.8. The van der Waals surface area contributed by atoms with E-state index in [1.807, 2.05) is 57.2 Å². The average molecular weight is 341 g/mol. The molecule has 6 nitrogen and oxygen atoms in total.